The summed E-state index contributed by atoms with van der Waals surface area (Å²) in [5.74, 6) is 1.09. The number of nitro groups is 1. The van der Waals surface area contributed by atoms with Crippen molar-refractivity contribution in [2.24, 2.45) is 0 Å². The van der Waals surface area contributed by atoms with Crippen LogP contribution >= 0.6 is 0 Å². The van der Waals surface area contributed by atoms with Crippen molar-refractivity contribution in [1.29, 1.82) is 0 Å². The van der Waals surface area contributed by atoms with Crippen LogP contribution in [0.1, 0.15) is 24.8 Å². The third-order valence-corrected chi connectivity index (χ3v) is 5.07. The molecule has 0 amide bonds. The SMILES string of the molecule is O=[N+]([O-])c1cccc([C@]2(O)CN(c3ccccc3)C3=[N+]2CCCC3)c1. The van der Waals surface area contributed by atoms with Crippen LogP contribution in [0.4, 0.5) is 11.4 Å². The van der Waals surface area contributed by atoms with Gasteiger partial charge in [-0.2, -0.15) is 0 Å². The van der Waals surface area contributed by atoms with Crippen LogP contribution in [0.3, 0.4) is 0 Å². The molecule has 2 aliphatic rings. The number of rotatable bonds is 3. The van der Waals surface area contributed by atoms with Gasteiger partial charge in [0.25, 0.3) is 17.2 Å². The van der Waals surface area contributed by atoms with Crippen LogP contribution in [0.15, 0.2) is 54.6 Å². The minimum atomic E-state index is -1.25. The van der Waals surface area contributed by atoms with Crippen LogP contribution in [0.25, 0.3) is 0 Å². The smallest absolute Gasteiger partial charge is 0.271 e. The average Bonchev–Trinajstić information content (AvgIpc) is 2.97. The Bertz CT molecular complexity index is 850. The lowest BCUT2D eigenvalue weighted by atomic mass is 10.0. The molecule has 4 rings (SSSR count). The van der Waals surface area contributed by atoms with Crippen molar-refractivity contribution < 1.29 is 14.6 Å². The number of hydrogen-bond acceptors (Lipinski definition) is 4. The normalized spacial score (nSPS) is 22.8. The fraction of sp³-hybridized carbons (Fsp3) is 0.316. The lowest BCUT2D eigenvalue weighted by Crippen LogP contribution is -2.41. The lowest BCUT2D eigenvalue weighted by Gasteiger charge is -2.24. The van der Waals surface area contributed by atoms with Gasteiger partial charge in [0.2, 0.25) is 0 Å². The van der Waals surface area contributed by atoms with Crippen LogP contribution in [0.5, 0.6) is 0 Å². The number of aliphatic hydroxyl groups is 1. The third kappa shape index (κ3) is 2.59. The fourth-order valence-electron chi connectivity index (χ4n) is 3.86. The van der Waals surface area contributed by atoms with E-state index in [1.54, 1.807) is 12.1 Å². The summed E-state index contributed by atoms with van der Waals surface area (Å²) in [6.45, 7) is 1.12. The average molecular weight is 338 g/mol. The maximum atomic E-state index is 11.5. The van der Waals surface area contributed by atoms with E-state index in [1.165, 1.54) is 12.1 Å². The van der Waals surface area contributed by atoms with E-state index in [0.717, 1.165) is 37.3 Å². The Morgan fingerprint density at radius 3 is 2.68 bits per heavy atom. The summed E-state index contributed by atoms with van der Waals surface area (Å²) in [5.41, 5.74) is 0.352. The van der Waals surface area contributed by atoms with Crippen LogP contribution in [0, 0.1) is 10.1 Å². The molecular formula is C19H20N3O3+. The monoisotopic (exact) mass is 338 g/mol. The topological polar surface area (TPSA) is 69.6 Å². The quantitative estimate of drug-likeness (QED) is 0.531. The molecule has 0 bridgehead atoms. The second-order valence-corrected chi connectivity index (χ2v) is 6.57. The van der Waals surface area contributed by atoms with Crippen molar-refractivity contribution >= 4 is 17.2 Å². The molecule has 1 atom stereocenters. The zero-order chi connectivity index (χ0) is 17.4. The molecule has 6 nitrogen and oxygen atoms in total. The van der Waals surface area contributed by atoms with Crippen molar-refractivity contribution in [3.05, 3.63) is 70.3 Å². The number of nitrogens with zero attached hydrogens (tertiary/aromatic N) is 3. The lowest BCUT2D eigenvalue weighted by molar-refractivity contribution is -0.661. The van der Waals surface area contributed by atoms with Gasteiger partial charge in [-0.3, -0.25) is 10.1 Å². The van der Waals surface area contributed by atoms with Gasteiger partial charge in [-0.05, 0) is 25.0 Å². The van der Waals surface area contributed by atoms with Gasteiger partial charge in [0.05, 0.1) is 11.5 Å². The molecule has 2 aromatic carbocycles. The van der Waals surface area contributed by atoms with Crippen molar-refractivity contribution in [3.8, 4) is 0 Å². The Labute approximate surface area is 145 Å². The summed E-state index contributed by atoms with van der Waals surface area (Å²) >= 11 is 0. The first-order chi connectivity index (χ1) is 12.1. The molecule has 0 saturated heterocycles. The molecule has 0 aliphatic carbocycles. The largest absolute Gasteiger partial charge is 0.346 e. The first kappa shape index (κ1) is 15.8. The second kappa shape index (κ2) is 5.97. The summed E-state index contributed by atoms with van der Waals surface area (Å²) in [5, 5.41) is 22.7. The predicted molar refractivity (Wildman–Crippen MR) is 94.8 cm³/mol. The van der Waals surface area contributed by atoms with E-state index >= 15 is 0 Å². The molecule has 128 valence electrons. The van der Waals surface area contributed by atoms with Gasteiger partial charge in [-0.15, -0.1) is 0 Å². The minimum Gasteiger partial charge on any atom is -0.346 e. The van der Waals surface area contributed by atoms with Crippen molar-refractivity contribution in [3.63, 3.8) is 0 Å². The van der Waals surface area contributed by atoms with Gasteiger partial charge in [0, 0.05) is 24.1 Å². The molecule has 2 heterocycles. The van der Waals surface area contributed by atoms with Crippen LogP contribution in [0.2, 0.25) is 0 Å². The molecule has 0 unspecified atom stereocenters. The molecular weight excluding hydrogens is 318 g/mol. The Morgan fingerprint density at radius 1 is 1.12 bits per heavy atom. The van der Waals surface area contributed by atoms with Gasteiger partial charge >= 0.3 is 0 Å². The number of nitro benzene ring substituents is 1. The van der Waals surface area contributed by atoms with E-state index in [-0.39, 0.29) is 5.69 Å². The van der Waals surface area contributed by atoms with Gasteiger partial charge in [0.1, 0.15) is 5.69 Å². The van der Waals surface area contributed by atoms with Crippen molar-refractivity contribution in [2.45, 2.75) is 25.0 Å². The molecule has 6 heteroatoms. The van der Waals surface area contributed by atoms with Crippen LogP contribution in [-0.4, -0.2) is 33.5 Å². The summed E-state index contributed by atoms with van der Waals surface area (Å²) in [6, 6.07) is 16.3. The highest BCUT2D eigenvalue weighted by Crippen LogP contribution is 2.36. The van der Waals surface area contributed by atoms with Gasteiger partial charge < -0.3 is 5.11 Å². The van der Waals surface area contributed by atoms with Gasteiger partial charge in [-0.25, -0.2) is 9.48 Å². The highest BCUT2D eigenvalue weighted by molar-refractivity contribution is 5.96. The number of anilines is 1. The molecule has 0 saturated carbocycles. The van der Waals surface area contributed by atoms with E-state index in [2.05, 4.69) is 4.90 Å². The first-order valence-corrected chi connectivity index (χ1v) is 8.53. The summed E-state index contributed by atoms with van der Waals surface area (Å²) in [7, 11) is 0. The standard InChI is InChI=1S/C19H20N3O3/c23-19(15-7-6-10-17(13-15)22(24)25)14-20(16-8-2-1-3-9-16)18-11-4-5-12-21(18)19/h1-3,6-10,13,23H,4-5,11-12,14H2/q+1/t19-/m1/s1. The number of hydrogen-bond donors (Lipinski definition) is 1. The molecule has 0 aromatic heterocycles. The summed E-state index contributed by atoms with van der Waals surface area (Å²) in [4.78, 5) is 12.9. The van der Waals surface area contributed by atoms with E-state index in [9.17, 15) is 15.2 Å². The van der Waals surface area contributed by atoms with E-state index in [4.69, 9.17) is 0 Å². The number of benzene rings is 2. The zero-order valence-corrected chi connectivity index (χ0v) is 13.8. The highest BCUT2D eigenvalue weighted by atomic mass is 16.6. The summed E-state index contributed by atoms with van der Waals surface area (Å²) < 4.78 is 2.02. The third-order valence-electron chi connectivity index (χ3n) is 5.07. The van der Waals surface area contributed by atoms with Crippen LogP contribution in [-0.2, 0) is 5.72 Å². The molecule has 1 N–H and O–H groups in total. The molecule has 2 aliphatic heterocycles. The molecule has 0 fully saturated rings. The molecule has 0 radical (unpaired) electrons. The van der Waals surface area contributed by atoms with E-state index in [1.807, 2.05) is 34.9 Å². The predicted octanol–water partition coefficient (Wildman–Crippen LogP) is 2.86. The highest BCUT2D eigenvalue weighted by Gasteiger charge is 2.52. The Kier molecular flexibility index (Phi) is 3.77. The van der Waals surface area contributed by atoms with Gasteiger partial charge in [0.15, 0.2) is 6.54 Å². The number of non-ortho nitro benzene ring substituents is 1. The second-order valence-electron chi connectivity index (χ2n) is 6.57. The minimum absolute atomic E-state index is 0.00245. The van der Waals surface area contributed by atoms with Crippen LogP contribution < -0.4 is 4.90 Å². The van der Waals surface area contributed by atoms with Crippen molar-refractivity contribution in [1.82, 2.24) is 0 Å². The van der Waals surface area contributed by atoms with Gasteiger partial charge in [-0.1, -0.05) is 30.3 Å². The molecule has 25 heavy (non-hydrogen) atoms. The van der Waals surface area contributed by atoms with E-state index < -0.39 is 10.6 Å². The fourth-order valence-corrected chi connectivity index (χ4v) is 3.86. The Hall–Kier alpha value is -2.73. The first-order valence-electron chi connectivity index (χ1n) is 8.53. The molecule has 0 spiro atoms. The van der Waals surface area contributed by atoms with Crippen molar-refractivity contribution in [2.75, 3.05) is 18.0 Å². The Balaban J connectivity index is 1.81. The van der Waals surface area contributed by atoms with E-state index in [0.29, 0.717) is 12.1 Å². The summed E-state index contributed by atoms with van der Waals surface area (Å²) in [6.07, 6.45) is 2.98. The maximum Gasteiger partial charge on any atom is 0.271 e. The number of para-hydroxylation sites is 1. The number of β-amino-alcohol motifs (C(OH)–C–C–N with tert-alkyl or cyclic N) is 1. The Morgan fingerprint density at radius 2 is 1.92 bits per heavy atom. The number of amidine groups is 1. The molecule has 2 aromatic rings. The maximum absolute atomic E-state index is 11.5. The zero-order valence-electron chi connectivity index (χ0n) is 13.8.